The predicted molar refractivity (Wildman–Crippen MR) is 98.0 cm³/mol. The molecule has 6 nitrogen and oxygen atoms in total. The topological polar surface area (TPSA) is 65.8 Å². The molecular formula is C18H21N3O3S. The fraction of sp³-hybridized carbons (Fsp3) is 0.333. The number of fused-ring (bicyclic) bond motifs is 1. The maximum Gasteiger partial charge on any atom is 0.287 e. The number of carbonyl (C=O) groups is 2. The summed E-state index contributed by atoms with van der Waals surface area (Å²) in [5.74, 6) is 1.06. The van der Waals surface area contributed by atoms with Crippen molar-refractivity contribution in [2.24, 2.45) is 0 Å². The number of benzene rings is 1. The van der Waals surface area contributed by atoms with Gasteiger partial charge in [0.05, 0.1) is 18.0 Å². The number of furan rings is 1. The normalized spacial score (nSPS) is 13.9. The van der Waals surface area contributed by atoms with Crippen LogP contribution in [-0.4, -0.2) is 49.7 Å². The number of anilines is 1. The molecule has 1 N–H and O–H groups in total. The van der Waals surface area contributed by atoms with Gasteiger partial charge in [0.2, 0.25) is 5.91 Å². The molecule has 0 saturated carbocycles. The van der Waals surface area contributed by atoms with E-state index in [0.717, 1.165) is 17.1 Å². The molecule has 2 aromatic rings. The number of likely N-dealkylation sites (N-methyl/N-ethyl adjacent to an activating group) is 1. The van der Waals surface area contributed by atoms with E-state index in [9.17, 15) is 9.59 Å². The van der Waals surface area contributed by atoms with Gasteiger partial charge in [0.1, 0.15) is 5.76 Å². The lowest BCUT2D eigenvalue weighted by molar-refractivity contribution is -0.116. The van der Waals surface area contributed by atoms with Crippen LogP contribution in [0, 0.1) is 0 Å². The van der Waals surface area contributed by atoms with Crippen LogP contribution in [0.1, 0.15) is 16.3 Å². The van der Waals surface area contributed by atoms with Gasteiger partial charge in [0, 0.05) is 18.0 Å². The zero-order valence-corrected chi connectivity index (χ0v) is 15.1. The molecule has 0 spiro atoms. The zero-order chi connectivity index (χ0) is 17.8. The van der Waals surface area contributed by atoms with Gasteiger partial charge in [0.15, 0.2) is 5.76 Å². The zero-order valence-electron chi connectivity index (χ0n) is 14.3. The fourth-order valence-electron chi connectivity index (χ4n) is 2.55. The molecule has 2 amide bonds. The van der Waals surface area contributed by atoms with Crippen molar-refractivity contribution >= 4 is 29.3 Å². The SMILES string of the molecule is CN(C)CCNC(=O)c1ccc(CN2C(=O)CSc3ccccc32)o1. The van der Waals surface area contributed by atoms with Crippen LogP contribution >= 0.6 is 11.8 Å². The van der Waals surface area contributed by atoms with Crippen molar-refractivity contribution in [2.45, 2.75) is 11.4 Å². The van der Waals surface area contributed by atoms with Crippen molar-refractivity contribution < 1.29 is 14.0 Å². The Labute approximate surface area is 151 Å². The second kappa shape index (κ2) is 7.76. The summed E-state index contributed by atoms with van der Waals surface area (Å²) < 4.78 is 5.64. The van der Waals surface area contributed by atoms with Crippen LogP contribution in [0.2, 0.25) is 0 Å². The molecule has 1 aliphatic heterocycles. The molecule has 1 aliphatic rings. The predicted octanol–water partition coefficient (Wildman–Crippen LogP) is 2.21. The van der Waals surface area contributed by atoms with E-state index in [1.807, 2.05) is 43.3 Å². The summed E-state index contributed by atoms with van der Waals surface area (Å²) in [7, 11) is 3.89. The van der Waals surface area contributed by atoms with Gasteiger partial charge in [-0.15, -0.1) is 11.8 Å². The summed E-state index contributed by atoms with van der Waals surface area (Å²) in [6, 6.07) is 11.2. The van der Waals surface area contributed by atoms with Crippen molar-refractivity contribution in [3.8, 4) is 0 Å². The van der Waals surface area contributed by atoms with E-state index in [1.165, 1.54) is 0 Å². The first-order valence-corrected chi connectivity index (χ1v) is 9.07. The summed E-state index contributed by atoms with van der Waals surface area (Å²) >= 11 is 1.54. The van der Waals surface area contributed by atoms with E-state index >= 15 is 0 Å². The average Bonchev–Trinajstić information content (AvgIpc) is 3.06. The van der Waals surface area contributed by atoms with Crippen LogP contribution in [-0.2, 0) is 11.3 Å². The fourth-order valence-corrected chi connectivity index (χ4v) is 3.48. The van der Waals surface area contributed by atoms with Gasteiger partial charge in [-0.1, -0.05) is 12.1 Å². The number of hydrogen-bond donors (Lipinski definition) is 1. The lowest BCUT2D eigenvalue weighted by atomic mass is 10.2. The van der Waals surface area contributed by atoms with Gasteiger partial charge >= 0.3 is 0 Å². The van der Waals surface area contributed by atoms with Gasteiger partial charge in [-0.3, -0.25) is 9.59 Å². The summed E-state index contributed by atoms with van der Waals surface area (Å²) in [5.41, 5.74) is 0.886. The van der Waals surface area contributed by atoms with Crippen LogP contribution in [0.5, 0.6) is 0 Å². The molecule has 1 aromatic carbocycles. The van der Waals surface area contributed by atoms with Gasteiger partial charge in [-0.25, -0.2) is 0 Å². The number of thioether (sulfide) groups is 1. The average molecular weight is 359 g/mol. The number of nitrogens with one attached hydrogen (secondary N) is 1. The van der Waals surface area contributed by atoms with E-state index in [-0.39, 0.29) is 17.6 Å². The first kappa shape index (κ1) is 17.6. The van der Waals surface area contributed by atoms with Crippen LogP contribution in [0.3, 0.4) is 0 Å². The van der Waals surface area contributed by atoms with Crippen LogP contribution < -0.4 is 10.2 Å². The molecule has 0 radical (unpaired) electrons. The molecule has 3 rings (SSSR count). The van der Waals surface area contributed by atoms with Crippen molar-refractivity contribution in [1.82, 2.24) is 10.2 Å². The molecule has 1 aromatic heterocycles. The molecule has 25 heavy (non-hydrogen) atoms. The maximum atomic E-state index is 12.3. The van der Waals surface area contributed by atoms with Crippen LogP contribution in [0.4, 0.5) is 5.69 Å². The van der Waals surface area contributed by atoms with Crippen LogP contribution in [0.15, 0.2) is 45.7 Å². The van der Waals surface area contributed by atoms with Crippen molar-refractivity contribution in [3.05, 3.63) is 47.9 Å². The molecule has 0 fully saturated rings. The molecule has 0 atom stereocenters. The summed E-state index contributed by atoms with van der Waals surface area (Å²) in [4.78, 5) is 29.2. The van der Waals surface area contributed by atoms with Gasteiger partial charge in [-0.05, 0) is 38.4 Å². The van der Waals surface area contributed by atoms with E-state index in [4.69, 9.17) is 4.42 Å². The van der Waals surface area contributed by atoms with E-state index < -0.39 is 0 Å². The van der Waals surface area contributed by atoms with E-state index in [0.29, 0.717) is 24.6 Å². The summed E-state index contributed by atoms with van der Waals surface area (Å²) in [6.45, 7) is 1.63. The van der Waals surface area contributed by atoms with Crippen LogP contribution in [0.25, 0.3) is 0 Å². The van der Waals surface area contributed by atoms with Crippen molar-refractivity contribution in [2.75, 3.05) is 37.8 Å². The molecule has 0 aliphatic carbocycles. The highest BCUT2D eigenvalue weighted by Crippen LogP contribution is 2.35. The minimum absolute atomic E-state index is 0.0390. The maximum absolute atomic E-state index is 12.3. The highest BCUT2D eigenvalue weighted by molar-refractivity contribution is 8.00. The first-order valence-electron chi connectivity index (χ1n) is 8.08. The Morgan fingerprint density at radius 2 is 2.08 bits per heavy atom. The number of carbonyl (C=O) groups excluding carboxylic acids is 2. The molecule has 2 heterocycles. The number of para-hydroxylation sites is 1. The second-order valence-corrected chi connectivity index (χ2v) is 7.08. The second-order valence-electron chi connectivity index (χ2n) is 6.06. The number of nitrogens with zero attached hydrogens (tertiary/aromatic N) is 2. The smallest absolute Gasteiger partial charge is 0.287 e. The standard InChI is InChI=1S/C18H21N3O3S/c1-20(2)10-9-19-18(23)15-8-7-13(24-15)11-21-14-5-3-4-6-16(14)25-12-17(21)22/h3-8H,9-12H2,1-2H3,(H,19,23). The van der Waals surface area contributed by atoms with Gasteiger partial charge < -0.3 is 19.5 Å². The Bertz CT molecular complexity index is 772. The lowest BCUT2D eigenvalue weighted by Gasteiger charge is -2.28. The lowest BCUT2D eigenvalue weighted by Crippen LogP contribution is -2.34. The van der Waals surface area contributed by atoms with E-state index in [1.54, 1.807) is 28.8 Å². The minimum atomic E-state index is -0.242. The Balaban J connectivity index is 1.67. The minimum Gasteiger partial charge on any atom is -0.454 e. The summed E-state index contributed by atoms with van der Waals surface area (Å²) in [6.07, 6.45) is 0. The highest BCUT2D eigenvalue weighted by atomic mass is 32.2. The molecule has 132 valence electrons. The third-order valence-electron chi connectivity index (χ3n) is 3.85. The number of amides is 2. The molecule has 0 unspecified atom stereocenters. The Morgan fingerprint density at radius 1 is 1.28 bits per heavy atom. The third kappa shape index (κ3) is 4.24. The van der Waals surface area contributed by atoms with Crippen molar-refractivity contribution in [1.29, 1.82) is 0 Å². The first-order chi connectivity index (χ1) is 12.0. The van der Waals surface area contributed by atoms with Crippen molar-refractivity contribution in [3.63, 3.8) is 0 Å². The highest BCUT2D eigenvalue weighted by Gasteiger charge is 2.25. The monoisotopic (exact) mass is 359 g/mol. The molecule has 0 bridgehead atoms. The molecule has 0 saturated heterocycles. The van der Waals surface area contributed by atoms with E-state index in [2.05, 4.69) is 5.32 Å². The quantitative estimate of drug-likeness (QED) is 0.857. The Kier molecular flexibility index (Phi) is 5.45. The largest absolute Gasteiger partial charge is 0.454 e. The Hall–Kier alpha value is -2.25. The Morgan fingerprint density at radius 3 is 2.88 bits per heavy atom. The van der Waals surface area contributed by atoms with Gasteiger partial charge in [0.25, 0.3) is 5.91 Å². The number of rotatable bonds is 6. The summed E-state index contributed by atoms with van der Waals surface area (Å²) in [5, 5.41) is 2.81. The third-order valence-corrected chi connectivity index (χ3v) is 4.90. The molecular weight excluding hydrogens is 338 g/mol. The van der Waals surface area contributed by atoms with Gasteiger partial charge in [-0.2, -0.15) is 0 Å². The number of hydrogen-bond acceptors (Lipinski definition) is 5. The molecule has 7 heteroatoms.